The molecule has 1 atom stereocenters. The highest BCUT2D eigenvalue weighted by Crippen LogP contribution is 2.33. The minimum atomic E-state index is -0.528. The molecule has 0 bridgehead atoms. The molecule has 0 spiro atoms. The van der Waals surface area contributed by atoms with Crippen LogP contribution in [0.5, 0.6) is 17.2 Å². The van der Waals surface area contributed by atoms with Crippen molar-refractivity contribution >= 4 is 29.1 Å². The van der Waals surface area contributed by atoms with E-state index in [1.807, 2.05) is 50.2 Å². The quantitative estimate of drug-likeness (QED) is 0.318. The zero-order valence-corrected chi connectivity index (χ0v) is 22.5. The number of hydrogen-bond acceptors (Lipinski definition) is 5. The SMILES string of the molecule is COc1ccccc1Oc1ccc(N2C[C@@H](C(=O)Nc3cccc(C(=O)Nn4c(C)ccc4C)c3)CC2=O)cc1. The fourth-order valence-electron chi connectivity index (χ4n) is 4.65. The van der Waals surface area contributed by atoms with Crippen LogP contribution in [0.1, 0.15) is 28.2 Å². The molecular weight excluding hydrogens is 508 g/mol. The molecule has 204 valence electrons. The Balaban J connectivity index is 1.21. The molecule has 5 rings (SSSR count). The first kappa shape index (κ1) is 26.6. The Bertz CT molecular complexity index is 1540. The third-order valence-corrected chi connectivity index (χ3v) is 6.82. The summed E-state index contributed by atoms with van der Waals surface area (Å²) in [6.45, 7) is 4.06. The highest BCUT2D eigenvalue weighted by molar-refractivity contribution is 6.05. The van der Waals surface area contributed by atoms with Crippen molar-refractivity contribution in [2.24, 2.45) is 5.92 Å². The zero-order chi connectivity index (χ0) is 28.2. The number of nitrogens with one attached hydrogen (secondary N) is 2. The van der Waals surface area contributed by atoms with Gasteiger partial charge in [0.1, 0.15) is 5.75 Å². The summed E-state index contributed by atoms with van der Waals surface area (Å²) in [7, 11) is 1.58. The van der Waals surface area contributed by atoms with Crippen molar-refractivity contribution in [3.8, 4) is 17.2 Å². The van der Waals surface area contributed by atoms with Crippen molar-refractivity contribution in [2.45, 2.75) is 20.3 Å². The molecule has 0 aliphatic carbocycles. The monoisotopic (exact) mass is 538 g/mol. The van der Waals surface area contributed by atoms with E-state index in [1.165, 1.54) is 0 Å². The molecule has 4 aromatic rings. The van der Waals surface area contributed by atoms with Crippen molar-refractivity contribution in [2.75, 3.05) is 29.3 Å². The fourth-order valence-corrected chi connectivity index (χ4v) is 4.65. The molecule has 3 amide bonds. The Labute approximate surface area is 232 Å². The number of anilines is 2. The number of nitrogens with zero attached hydrogens (tertiary/aromatic N) is 2. The molecule has 40 heavy (non-hydrogen) atoms. The highest BCUT2D eigenvalue weighted by Gasteiger charge is 2.35. The van der Waals surface area contributed by atoms with E-state index in [0.717, 1.165) is 11.4 Å². The van der Waals surface area contributed by atoms with Crippen LogP contribution in [0.2, 0.25) is 0 Å². The normalized spacial score (nSPS) is 14.6. The minimum absolute atomic E-state index is 0.0949. The molecule has 3 aromatic carbocycles. The van der Waals surface area contributed by atoms with Crippen LogP contribution in [0.4, 0.5) is 11.4 Å². The van der Waals surface area contributed by atoms with Gasteiger partial charge in [0, 0.05) is 41.3 Å². The Morgan fingerprint density at radius 3 is 2.27 bits per heavy atom. The molecule has 9 nitrogen and oxygen atoms in total. The van der Waals surface area contributed by atoms with Gasteiger partial charge in [0.05, 0.1) is 13.0 Å². The molecule has 0 saturated carbocycles. The van der Waals surface area contributed by atoms with Gasteiger partial charge >= 0.3 is 0 Å². The number of rotatable bonds is 8. The third-order valence-electron chi connectivity index (χ3n) is 6.82. The number of para-hydroxylation sites is 2. The summed E-state index contributed by atoms with van der Waals surface area (Å²) in [5, 5.41) is 2.86. The van der Waals surface area contributed by atoms with E-state index < -0.39 is 5.92 Å². The van der Waals surface area contributed by atoms with E-state index in [4.69, 9.17) is 9.47 Å². The Morgan fingerprint density at radius 1 is 0.875 bits per heavy atom. The van der Waals surface area contributed by atoms with Gasteiger partial charge in [0.15, 0.2) is 11.5 Å². The summed E-state index contributed by atoms with van der Waals surface area (Å²) in [5.74, 6) is 0.570. The average molecular weight is 539 g/mol. The van der Waals surface area contributed by atoms with Gasteiger partial charge in [-0.15, -0.1) is 0 Å². The number of benzene rings is 3. The number of carbonyl (C=O) groups is 3. The first-order chi connectivity index (χ1) is 19.3. The predicted octanol–water partition coefficient (Wildman–Crippen LogP) is 5.28. The Kier molecular flexibility index (Phi) is 7.54. The number of aromatic nitrogens is 1. The van der Waals surface area contributed by atoms with E-state index in [0.29, 0.717) is 34.2 Å². The lowest BCUT2D eigenvalue weighted by Gasteiger charge is -2.17. The van der Waals surface area contributed by atoms with E-state index in [9.17, 15) is 14.4 Å². The smallest absolute Gasteiger partial charge is 0.270 e. The Morgan fingerprint density at radius 2 is 1.57 bits per heavy atom. The van der Waals surface area contributed by atoms with Crippen LogP contribution < -0.4 is 25.1 Å². The minimum Gasteiger partial charge on any atom is -0.493 e. The number of hydrogen-bond donors (Lipinski definition) is 2. The van der Waals surface area contributed by atoms with E-state index in [1.54, 1.807) is 65.2 Å². The molecule has 0 unspecified atom stereocenters. The summed E-state index contributed by atoms with van der Waals surface area (Å²) in [6.07, 6.45) is 0.0949. The molecular formula is C31H30N4O5. The molecule has 1 fully saturated rings. The van der Waals surface area contributed by atoms with Gasteiger partial charge in [-0.1, -0.05) is 18.2 Å². The van der Waals surface area contributed by atoms with Crippen LogP contribution in [0.3, 0.4) is 0 Å². The van der Waals surface area contributed by atoms with Crippen LogP contribution in [0.25, 0.3) is 0 Å². The topological polar surface area (TPSA) is 102 Å². The van der Waals surface area contributed by atoms with Crippen LogP contribution in [0.15, 0.2) is 84.9 Å². The number of carbonyl (C=O) groups excluding carboxylic acids is 3. The summed E-state index contributed by atoms with van der Waals surface area (Å²) >= 11 is 0. The van der Waals surface area contributed by atoms with Crippen LogP contribution in [-0.2, 0) is 9.59 Å². The molecule has 1 aliphatic rings. The number of ether oxygens (including phenoxy) is 2. The second kappa shape index (κ2) is 11.4. The van der Waals surface area contributed by atoms with Crippen molar-refractivity contribution in [1.29, 1.82) is 0 Å². The summed E-state index contributed by atoms with van der Waals surface area (Å²) in [5.41, 5.74) is 6.25. The Hall–Kier alpha value is -5.05. The standard InChI is InChI=1S/C31H30N4O5/c1-20-11-12-21(2)35(20)33-31(38)22-7-6-8-24(17-22)32-30(37)23-18-29(36)34(19-23)25-13-15-26(16-14-25)40-28-10-5-4-9-27(28)39-3/h4-17,23H,18-19H2,1-3H3,(H,32,37)(H,33,38)/t23-/m0/s1. The maximum Gasteiger partial charge on any atom is 0.270 e. The fraction of sp³-hybridized carbons (Fsp3) is 0.194. The lowest BCUT2D eigenvalue weighted by Crippen LogP contribution is -2.28. The second-order valence-electron chi connectivity index (χ2n) is 9.61. The molecule has 2 N–H and O–H groups in total. The van der Waals surface area contributed by atoms with Gasteiger partial charge in [-0.05, 0) is 80.6 Å². The van der Waals surface area contributed by atoms with Gasteiger partial charge in [-0.25, -0.2) is 0 Å². The second-order valence-corrected chi connectivity index (χ2v) is 9.61. The molecule has 0 radical (unpaired) electrons. The molecule has 1 aliphatic heterocycles. The van der Waals surface area contributed by atoms with E-state index >= 15 is 0 Å². The first-order valence-electron chi connectivity index (χ1n) is 12.9. The molecule has 2 heterocycles. The van der Waals surface area contributed by atoms with Gasteiger partial charge < -0.3 is 19.7 Å². The van der Waals surface area contributed by atoms with Crippen molar-refractivity contribution < 1.29 is 23.9 Å². The van der Waals surface area contributed by atoms with E-state index in [2.05, 4.69) is 10.7 Å². The van der Waals surface area contributed by atoms with Crippen molar-refractivity contribution in [3.63, 3.8) is 0 Å². The maximum atomic E-state index is 13.1. The lowest BCUT2D eigenvalue weighted by atomic mass is 10.1. The van der Waals surface area contributed by atoms with Gasteiger partial charge in [0.25, 0.3) is 5.91 Å². The number of methoxy groups -OCH3 is 1. The predicted molar refractivity (Wildman–Crippen MR) is 153 cm³/mol. The highest BCUT2D eigenvalue weighted by atomic mass is 16.5. The van der Waals surface area contributed by atoms with E-state index in [-0.39, 0.29) is 30.7 Å². The van der Waals surface area contributed by atoms with Gasteiger partial charge in [-0.3, -0.25) is 24.5 Å². The number of amides is 3. The van der Waals surface area contributed by atoms with Crippen LogP contribution >= 0.6 is 0 Å². The first-order valence-corrected chi connectivity index (χ1v) is 12.9. The van der Waals surface area contributed by atoms with Crippen LogP contribution in [-0.4, -0.2) is 36.1 Å². The average Bonchev–Trinajstić information content (AvgIpc) is 3.51. The summed E-state index contributed by atoms with van der Waals surface area (Å²) in [4.78, 5) is 40.3. The number of aryl methyl sites for hydroxylation is 2. The lowest BCUT2D eigenvalue weighted by molar-refractivity contribution is -0.122. The molecule has 9 heteroatoms. The third kappa shape index (κ3) is 5.68. The molecule has 1 saturated heterocycles. The molecule has 1 aromatic heterocycles. The summed E-state index contributed by atoms with van der Waals surface area (Å²) in [6, 6.07) is 25.0. The van der Waals surface area contributed by atoms with Gasteiger partial charge in [-0.2, -0.15) is 0 Å². The maximum absolute atomic E-state index is 13.1. The van der Waals surface area contributed by atoms with Crippen molar-refractivity contribution in [3.05, 3.63) is 102 Å². The largest absolute Gasteiger partial charge is 0.493 e. The summed E-state index contributed by atoms with van der Waals surface area (Å²) < 4.78 is 13.0. The zero-order valence-electron chi connectivity index (χ0n) is 22.5. The van der Waals surface area contributed by atoms with Crippen LogP contribution in [0, 0.1) is 19.8 Å². The van der Waals surface area contributed by atoms with Crippen molar-refractivity contribution in [1.82, 2.24) is 4.68 Å². The van der Waals surface area contributed by atoms with Gasteiger partial charge in [0.2, 0.25) is 11.8 Å².